The molecule has 40 heavy (non-hydrogen) atoms. The summed E-state index contributed by atoms with van der Waals surface area (Å²) in [5.41, 5.74) is 4.39. The van der Waals surface area contributed by atoms with Gasteiger partial charge in [-0.1, -0.05) is 51.1 Å². The Hall–Kier alpha value is -2.94. The first-order chi connectivity index (χ1) is 19.0. The lowest BCUT2D eigenvalue weighted by atomic mass is 9.87. The largest absolute Gasteiger partial charge is 0.493 e. The van der Waals surface area contributed by atoms with E-state index in [4.69, 9.17) is 19.2 Å². The van der Waals surface area contributed by atoms with Crippen LogP contribution in [-0.4, -0.2) is 66.8 Å². The molecule has 2 unspecified atom stereocenters. The Morgan fingerprint density at radius 2 is 1.65 bits per heavy atom. The minimum Gasteiger partial charge on any atom is -0.493 e. The lowest BCUT2D eigenvalue weighted by Gasteiger charge is -2.34. The van der Waals surface area contributed by atoms with Crippen molar-refractivity contribution in [2.75, 3.05) is 33.9 Å². The second-order valence-electron chi connectivity index (χ2n) is 11.7. The number of amides is 1. The maximum Gasteiger partial charge on any atom is 0.273 e. The highest BCUT2D eigenvalue weighted by molar-refractivity contribution is 7.09. The van der Waals surface area contributed by atoms with Crippen LogP contribution in [0, 0.1) is 0 Å². The fourth-order valence-electron chi connectivity index (χ4n) is 5.08. The first-order valence-corrected chi connectivity index (χ1v) is 14.9. The van der Waals surface area contributed by atoms with Gasteiger partial charge in [-0.05, 0) is 54.5 Å². The molecule has 1 aliphatic rings. The van der Waals surface area contributed by atoms with Gasteiger partial charge in [0.1, 0.15) is 10.7 Å². The fraction of sp³-hybridized carbons (Fsp3) is 0.500. The van der Waals surface area contributed by atoms with Crippen molar-refractivity contribution in [3.63, 3.8) is 0 Å². The van der Waals surface area contributed by atoms with Crippen molar-refractivity contribution in [2.45, 2.75) is 71.8 Å². The summed E-state index contributed by atoms with van der Waals surface area (Å²) in [4.78, 5) is 22.2. The molecule has 216 valence electrons. The zero-order valence-electron chi connectivity index (χ0n) is 24.9. The highest BCUT2D eigenvalue weighted by Gasteiger charge is 2.28. The molecule has 1 saturated heterocycles. The first-order valence-electron chi connectivity index (χ1n) is 14.0. The average molecular weight is 566 g/mol. The third kappa shape index (κ3) is 7.83. The van der Waals surface area contributed by atoms with E-state index in [9.17, 15) is 4.79 Å². The molecule has 2 aromatic carbocycles. The van der Waals surface area contributed by atoms with E-state index in [0.717, 1.165) is 36.0 Å². The summed E-state index contributed by atoms with van der Waals surface area (Å²) in [5.74, 6) is 1.45. The van der Waals surface area contributed by atoms with Gasteiger partial charge in [-0.3, -0.25) is 9.69 Å². The number of carbonyl (C=O) groups is 1. The van der Waals surface area contributed by atoms with Gasteiger partial charge in [-0.2, -0.15) is 0 Å². The molecule has 4 rings (SSSR count). The van der Waals surface area contributed by atoms with Crippen LogP contribution in [0.15, 0.2) is 47.8 Å². The molecule has 1 aromatic heterocycles. The van der Waals surface area contributed by atoms with Crippen LogP contribution in [0.4, 0.5) is 0 Å². The first kappa shape index (κ1) is 30.0. The Balaban J connectivity index is 1.49. The number of thiazole rings is 1. The zero-order valence-corrected chi connectivity index (χ0v) is 25.7. The lowest BCUT2D eigenvalue weighted by molar-refractivity contribution is -0.0587. The number of hydrogen-bond acceptors (Lipinski definition) is 7. The molecule has 0 radical (unpaired) electrons. The quantitative estimate of drug-likeness (QED) is 0.303. The van der Waals surface area contributed by atoms with Crippen molar-refractivity contribution in [2.24, 2.45) is 0 Å². The predicted molar refractivity (Wildman–Crippen MR) is 161 cm³/mol. The summed E-state index contributed by atoms with van der Waals surface area (Å²) < 4.78 is 16.7. The Kier molecular flexibility index (Phi) is 9.87. The van der Waals surface area contributed by atoms with Crippen molar-refractivity contribution in [3.8, 4) is 11.5 Å². The molecule has 0 saturated carbocycles. The molecule has 2 heterocycles. The van der Waals surface area contributed by atoms with E-state index in [1.54, 1.807) is 25.6 Å². The number of ether oxygens (including phenoxy) is 3. The van der Waals surface area contributed by atoms with E-state index in [2.05, 4.69) is 56.0 Å². The van der Waals surface area contributed by atoms with Gasteiger partial charge in [0.25, 0.3) is 5.91 Å². The van der Waals surface area contributed by atoms with Crippen LogP contribution < -0.4 is 9.47 Å². The standard InChI is InChI=1S/C32H43N3O4S/c1-22-17-35(18-23(2)39-22)31(36)27-21-40-30(33-27)20-34(19-25-8-11-26(12-9-25)32(3,4)5)15-14-24-10-13-28(37-6)29(16-24)38-7/h8-13,16,21-23H,14-15,17-20H2,1-7H3. The lowest BCUT2D eigenvalue weighted by Crippen LogP contribution is -2.48. The highest BCUT2D eigenvalue weighted by atomic mass is 32.1. The van der Waals surface area contributed by atoms with E-state index < -0.39 is 0 Å². The molecular weight excluding hydrogens is 522 g/mol. The average Bonchev–Trinajstić information content (AvgIpc) is 3.38. The molecule has 2 atom stereocenters. The van der Waals surface area contributed by atoms with E-state index in [-0.39, 0.29) is 23.5 Å². The van der Waals surface area contributed by atoms with Gasteiger partial charge in [-0.25, -0.2) is 4.98 Å². The van der Waals surface area contributed by atoms with E-state index in [1.807, 2.05) is 36.3 Å². The second-order valence-corrected chi connectivity index (χ2v) is 12.6. The number of aromatic nitrogens is 1. The van der Waals surface area contributed by atoms with Gasteiger partial charge in [-0.15, -0.1) is 11.3 Å². The van der Waals surface area contributed by atoms with Crippen molar-refractivity contribution in [3.05, 3.63) is 75.2 Å². The zero-order chi connectivity index (χ0) is 28.9. The number of nitrogens with zero attached hydrogens (tertiary/aromatic N) is 3. The number of methoxy groups -OCH3 is 2. The number of rotatable bonds is 10. The van der Waals surface area contributed by atoms with E-state index in [1.165, 1.54) is 16.7 Å². The van der Waals surface area contributed by atoms with Crippen molar-refractivity contribution >= 4 is 17.2 Å². The van der Waals surface area contributed by atoms with Crippen LogP contribution in [0.3, 0.4) is 0 Å². The Labute approximate surface area is 243 Å². The second kappa shape index (κ2) is 13.1. The van der Waals surface area contributed by atoms with E-state index in [0.29, 0.717) is 25.3 Å². The molecular formula is C32H43N3O4S. The molecule has 0 spiro atoms. The molecule has 0 aliphatic carbocycles. The monoisotopic (exact) mass is 565 g/mol. The predicted octanol–water partition coefficient (Wildman–Crippen LogP) is 5.95. The molecule has 1 amide bonds. The van der Waals surface area contributed by atoms with Crippen molar-refractivity contribution in [1.29, 1.82) is 0 Å². The van der Waals surface area contributed by atoms with Gasteiger partial charge in [0, 0.05) is 31.6 Å². The molecule has 3 aromatic rings. The van der Waals surface area contributed by atoms with E-state index >= 15 is 0 Å². The number of carbonyl (C=O) groups excluding carboxylic acids is 1. The molecule has 1 fully saturated rings. The summed E-state index contributed by atoms with van der Waals surface area (Å²) in [6.45, 7) is 14.2. The van der Waals surface area contributed by atoms with Gasteiger partial charge < -0.3 is 19.1 Å². The molecule has 1 aliphatic heterocycles. The maximum atomic E-state index is 13.2. The Morgan fingerprint density at radius 1 is 1.00 bits per heavy atom. The van der Waals surface area contributed by atoms with Crippen LogP contribution in [0.25, 0.3) is 0 Å². The van der Waals surface area contributed by atoms with Crippen LogP contribution in [0.5, 0.6) is 11.5 Å². The maximum absolute atomic E-state index is 13.2. The third-order valence-corrected chi connectivity index (χ3v) is 8.06. The topological polar surface area (TPSA) is 64.1 Å². The number of hydrogen-bond donors (Lipinski definition) is 0. The van der Waals surface area contributed by atoms with Crippen LogP contribution in [0.2, 0.25) is 0 Å². The molecule has 8 heteroatoms. The smallest absolute Gasteiger partial charge is 0.273 e. The minimum absolute atomic E-state index is 0.0147. The van der Waals surface area contributed by atoms with Gasteiger partial charge in [0.15, 0.2) is 11.5 Å². The van der Waals surface area contributed by atoms with Crippen LogP contribution in [-0.2, 0) is 29.7 Å². The summed E-state index contributed by atoms with van der Waals surface area (Å²) in [5, 5.41) is 2.84. The minimum atomic E-state index is -0.0147. The normalized spacial score (nSPS) is 17.8. The van der Waals surface area contributed by atoms with Crippen molar-refractivity contribution < 1.29 is 19.0 Å². The summed E-state index contributed by atoms with van der Waals surface area (Å²) >= 11 is 1.55. The SMILES string of the molecule is COc1ccc(CCN(Cc2ccc(C(C)(C)C)cc2)Cc2nc(C(=O)N3CC(C)OC(C)C3)cs2)cc1OC. The van der Waals surface area contributed by atoms with Gasteiger partial charge in [0.05, 0.1) is 33.0 Å². The fourth-order valence-corrected chi connectivity index (χ4v) is 5.89. The Morgan fingerprint density at radius 3 is 2.27 bits per heavy atom. The molecule has 0 bridgehead atoms. The highest BCUT2D eigenvalue weighted by Crippen LogP contribution is 2.28. The van der Waals surface area contributed by atoms with Crippen molar-refractivity contribution in [1.82, 2.24) is 14.8 Å². The van der Waals surface area contributed by atoms with Gasteiger partial charge in [0.2, 0.25) is 0 Å². The molecule has 7 nitrogen and oxygen atoms in total. The Bertz CT molecular complexity index is 1260. The summed E-state index contributed by atoms with van der Waals surface area (Å²) in [6, 6.07) is 15.0. The number of morpholine rings is 1. The number of benzene rings is 2. The summed E-state index contributed by atoms with van der Waals surface area (Å²) in [6.07, 6.45) is 0.909. The van der Waals surface area contributed by atoms with Crippen LogP contribution >= 0.6 is 11.3 Å². The molecule has 0 N–H and O–H groups in total. The van der Waals surface area contributed by atoms with Gasteiger partial charge >= 0.3 is 0 Å². The summed E-state index contributed by atoms with van der Waals surface area (Å²) in [7, 11) is 3.31. The third-order valence-electron chi connectivity index (χ3n) is 7.23. The van der Waals surface area contributed by atoms with Crippen LogP contribution in [0.1, 0.15) is 66.8 Å².